The molecule has 0 saturated heterocycles. The van der Waals surface area contributed by atoms with Crippen molar-refractivity contribution in [1.82, 2.24) is 9.78 Å². The summed E-state index contributed by atoms with van der Waals surface area (Å²) in [6.45, 7) is 1.23. The molecule has 5 heteroatoms. The Hall–Kier alpha value is -3.34. The molecule has 0 unspecified atom stereocenters. The Labute approximate surface area is 151 Å². The summed E-state index contributed by atoms with van der Waals surface area (Å²) < 4.78 is 13.0. The van der Waals surface area contributed by atoms with Crippen molar-refractivity contribution in [2.75, 3.05) is 13.2 Å². The van der Waals surface area contributed by atoms with Gasteiger partial charge >= 0.3 is 0 Å². The fraction of sp³-hybridized carbons (Fsp3) is 0.143. The summed E-state index contributed by atoms with van der Waals surface area (Å²) >= 11 is 0. The first kappa shape index (κ1) is 16.1. The maximum Gasteiger partial charge on any atom is 0.185 e. The van der Waals surface area contributed by atoms with Crippen LogP contribution in [0.5, 0.6) is 11.5 Å². The Morgan fingerprint density at radius 1 is 1.04 bits per heavy atom. The van der Waals surface area contributed by atoms with E-state index in [2.05, 4.69) is 5.10 Å². The van der Waals surface area contributed by atoms with E-state index < -0.39 is 0 Å². The lowest BCUT2D eigenvalue weighted by atomic mass is 10.1. The van der Waals surface area contributed by atoms with Crippen LogP contribution in [0.25, 0.3) is 11.8 Å². The molecule has 0 bridgehead atoms. The lowest BCUT2D eigenvalue weighted by Crippen LogP contribution is -1.98. The van der Waals surface area contributed by atoms with E-state index in [9.17, 15) is 4.79 Å². The highest BCUT2D eigenvalue weighted by molar-refractivity contribution is 6.07. The van der Waals surface area contributed by atoms with Crippen molar-refractivity contribution in [3.8, 4) is 17.2 Å². The number of para-hydroxylation sites is 1. The second-order valence-corrected chi connectivity index (χ2v) is 5.96. The standard InChI is InChI=1S/C21H18N2O3/c24-19(17-8-10-20-21(13-17)26-12-4-11-25-20)9-7-16-14-22-23(15-16)18-5-2-1-3-6-18/h1-3,5-10,13-15H,4,11-12H2/b9-7+. The van der Waals surface area contributed by atoms with Crippen LogP contribution in [-0.2, 0) is 0 Å². The monoisotopic (exact) mass is 346 g/mol. The zero-order valence-electron chi connectivity index (χ0n) is 14.2. The van der Waals surface area contributed by atoms with Crippen LogP contribution in [0.2, 0.25) is 0 Å². The molecule has 0 radical (unpaired) electrons. The van der Waals surface area contributed by atoms with E-state index in [-0.39, 0.29) is 5.78 Å². The number of aromatic nitrogens is 2. The summed E-state index contributed by atoms with van der Waals surface area (Å²) in [6.07, 6.45) is 7.75. The summed E-state index contributed by atoms with van der Waals surface area (Å²) in [6, 6.07) is 15.1. The molecule has 0 atom stereocenters. The number of fused-ring (bicyclic) bond motifs is 1. The fourth-order valence-corrected chi connectivity index (χ4v) is 2.73. The molecular formula is C21H18N2O3. The van der Waals surface area contributed by atoms with Crippen LogP contribution in [0.4, 0.5) is 0 Å². The Kier molecular flexibility index (Phi) is 4.51. The van der Waals surface area contributed by atoms with Gasteiger partial charge in [-0.2, -0.15) is 5.10 Å². The lowest BCUT2D eigenvalue weighted by Gasteiger charge is -2.07. The molecule has 0 spiro atoms. The van der Waals surface area contributed by atoms with Crippen LogP contribution in [-0.4, -0.2) is 28.8 Å². The van der Waals surface area contributed by atoms with Gasteiger partial charge in [-0.1, -0.05) is 18.2 Å². The predicted octanol–water partition coefficient (Wildman–Crippen LogP) is 3.93. The van der Waals surface area contributed by atoms with Gasteiger partial charge in [0.05, 0.1) is 25.1 Å². The molecule has 2 aromatic carbocycles. The first-order valence-electron chi connectivity index (χ1n) is 8.52. The number of ether oxygens (including phenoxy) is 2. The van der Waals surface area contributed by atoms with Gasteiger partial charge in [-0.05, 0) is 42.5 Å². The van der Waals surface area contributed by atoms with Crippen molar-refractivity contribution in [3.63, 3.8) is 0 Å². The molecule has 130 valence electrons. The normalized spacial score (nSPS) is 13.5. The molecule has 5 nitrogen and oxygen atoms in total. The van der Waals surface area contributed by atoms with E-state index >= 15 is 0 Å². The molecule has 0 fully saturated rings. The van der Waals surface area contributed by atoms with E-state index in [0.29, 0.717) is 30.3 Å². The second-order valence-electron chi connectivity index (χ2n) is 5.96. The number of allylic oxidation sites excluding steroid dienone is 1. The third-order valence-corrected chi connectivity index (χ3v) is 4.08. The Balaban J connectivity index is 1.50. The molecular weight excluding hydrogens is 328 g/mol. The predicted molar refractivity (Wildman–Crippen MR) is 99.0 cm³/mol. The molecule has 26 heavy (non-hydrogen) atoms. The van der Waals surface area contributed by atoms with Gasteiger partial charge in [-0.15, -0.1) is 0 Å². The average Bonchev–Trinajstić information content (AvgIpc) is 3.04. The Morgan fingerprint density at radius 2 is 1.85 bits per heavy atom. The first-order chi connectivity index (χ1) is 12.8. The molecule has 0 amide bonds. The SMILES string of the molecule is O=C(/C=C/c1cnn(-c2ccccc2)c1)c1ccc2c(c1)OCCCO2. The minimum absolute atomic E-state index is 0.0897. The highest BCUT2D eigenvalue weighted by Gasteiger charge is 2.13. The highest BCUT2D eigenvalue weighted by Crippen LogP contribution is 2.30. The summed E-state index contributed by atoms with van der Waals surface area (Å²) in [5, 5.41) is 4.32. The zero-order chi connectivity index (χ0) is 17.8. The molecule has 4 rings (SSSR count). The van der Waals surface area contributed by atoms with Crippen LogP contribution in [0.15, 0.2) is 67.0 Å². The molecule has 0 aliphatic carbocycles. The Bertz CT molecular complexity index is 945. The number of benzene rings is 2. The van der Waals surface area contributed by atoms with E-state index in [0.717, 1.165) is 17.7 Å². The number of ketones is 1. The van der Waals surface area contributed by atoms with Gasteiger partial charge in [0, 0.05) is 23.7 Å². The van der Waals surface area contributed by atoms with Crippen LogP contribution >= 0.6 is 0 Å². The van der Waals surface area contributed by atoms with Crippen molar-refractivity contribution in [1.29, 1.82) is 0 Å². The van der Waals surface area contributed by atoms with Gasteiger partial charge in [-0.25, -0.2) is 4.68 Å². The molecule has 0 saturated carbocycles. The lowest BCUT2D eigenvalue weighted by molar-refractivity contribution is 0.104. The van der Waals surface area contributed by atoms with Crippen molar-refractivity contribution in [2.45, 2.75) is 6.42 Å². The third-order valence-electron chi connectivity index (χ3n) is 4.08. The van der Waals surface area contributed by atoms with E-state index in [1.165, 1.54) is 0 Å². The smallest absolute Gasteiger partial charge is 0.185 e. The maximum atomic E-state index is 12.5. The van der Waals surface area contributed by atoms with Crippen LogP contribution < -0.4 is 9.47 Å². The van der Waals surface area contributed by atoms with Crippen molar-refractivity contribution < 1.29 is 14.3 Å². The van der Waals surface area contributed by atoms with Gasteiger partial charge in [0.15, 0.2) is 17.3 Å². The van der Waals surface area contributed by atoms with Gasteiger partial charge < -0.3 is 9.47 Å². The van der Waals surface area contributed by atoms with Crippen molar-refractivity contribution in [2.24, 2.45) is 0 Å². The molecule has 1 aliphatic heterocycles. The molecule has 1 aromatic heterocycles. The topological polar surface area (TPSA) is 53.4 Å². The van der Waals surface area contributed by atoms with Gasteiger partial charge in [0.1, 0.15) is 0 Å². The number of nitrogens with zero attached hydrogens (tertiary/aromatic N) is 2. The average molecular weight is 346 g/mol. The highest BCUT2D eigenvalue weighted by atomic mass is 16.5. The fourth-order valence-electron chi connectivity index (χ4n) is 2.73. The van der Waals surface area contributed by atoms with Crippen molar-refractivity contribution >= 4 is 11.9 Å². The second kappa shape index (κ2) is 7.27. The van der Waals surface area contributed by atoms with E-state index in [1.807, 2.05) is 36.5 Å². The summed E-state index contributed by atoms with van der Waals surface area (Å²) in [5.74, 6) is 1.22. The van der Waals surface area contributed by atoms with Gasteiger partial charge in [0.25, 0.3) is 0 Å². The molecule has 3 aromatic rings. The number of rotatable bonds is 4. The number of hydrogen-bond donors (Lipinski definition) is 0. The van der Waals surface area contributed by atoms with Crippen LogP contribution in [0, 0.1) is 0 Å². The van der Waals surface area contributed by atoms with Crippen molar-refractivity contribution in [3.05, 3.63) is 78.1 Å². The van der Waals surface area contributed by atoms with E-state index in [4.69, 9.17) is 9.47 Å². The summed E-state index contributed by atoms with van der Waals surface area (Å²) in [4.78, 5) is 12.5. The van der Waals surface area contributed by atoms with Gasteiger partial charge in [0.2, 0.25) is 0 Å². The number of carbonyl (C=O) groups excluding carboxylic acids is 1. The molecule has 0 N–H and O–H groups in total. The molecule has 1 aliphatic rings. The minimum Gasteiger partial charge on any atom is -0.490 e. The maximum absolute atomic E-state index is 12.5. The summed E-state index contributed by atoms with van der Waals surface area (Å²) in [7, 11) is 0. The Morgan fingerprint density at radius 3 is 2.69 bits per heavy atom. The number of carbonyl (C=O) groups is 1. The number of hydrogen-bond acceptors (Lipinski definition) is 4. The first-order valence-corrected chi connectivity index (χ1v) is 8.52. The zero-order valence-corrected chi connectivity index (χ0v) is 14.2. The largest absolute Gasteiger partial charge is 0.490 e. The summed E-state index contributed by atoms with van der Waals surface area (Å²) in [5.41, 5.74) is 2.40. The van der Waals surface area contributed by atoms with Crippen LogP contribution in [0.3, 0.4) is 0 Å². The third kappa shape index (κ3) is 3.52. The van der Waals surface area contributed by atoms with Gasteiger partial charge in [-0.3, -0.25) is 4.79 Å². The minimum atomic E-state index is -0.0897. The van der Waals surface area contributed by atoms with Crippen LogP contribution in [0.1, 0.15) is 22.3 Å². The quantitative estimate of drug-likeness (QED) is 0.530. The molecule has 2 heterocycles. The van der Waals surface area contributed by atoms with E-state index in [1.54, 1.807) is 41.2 Å².